The second-order valence-corrected chi connectivity index (χ2v) is 10.4. The highest BCUT2D eigenvalue weighted by Gasteiger charge is 2.26. The van der Waals surface area contributed by atoms with E-state index in [-0.39, 0.29) is 11.8 Å². The molecule has 5 heteroatoms. The van der Waals surface area contributed by atoms with E-state index in [0.717, 1.165) is 12.1 Å². The van der Waals surface area contributed by atoms with Gasteiger partial charge in [0.05, 0.1) is 10.6 Å². The summed E-state index contributed by atoms with van der Waals surface area (Å²) in [5.41, 5.74) is 3.45. The Morgan fingerprint density at radius 3 is 1.81 bits per heavy atom. The lowest BCUT2D eigenvalue weighted by Gasteiger charge is -2.31. The lowest BCUT2D eigenvalue weighted by Crippen LogP contribution is -2.44. The van der Waals surface area contributed by atoms with Gasteiger partial charge in [-0.3, -0.25) is 4.90 Å². The Kier molecular flexibility index (Phi) is 8.02. The molecule has 0 radical (unpaired) electrons. The van der Waals surface area contributed by atoms with E-state index in [4.69, 9.17) is 0 Å². The van der Waals surface area contributed by atoms with Gasteiger partial charge in [0.15, 0.2) is 9.84 Å². The Hall–Kier alpha value is -2.47. The van der Waals surface area contributed by atoms with Crippen molar-refractivity contribution in [2.24, 2.45) is 0 Å². The van der Waals surface area contributed by atoms with Crippen molar-refractivity contribution in [1.82, 2.24) is 9.80 Å². The Labute approximate surface area is 187 Å². The van der Waals surface area contributed by atoms with E-state index in [1.807, 2.05) is 62.5 Å². The predicted octanol–water partition coefficient (Wildman–Crippen LogP) is 4.40. The van der Waals surface area contributed by atoms with Gasteiger partial charge in [-0.25, -0.2) is 8.42 Å². The molecule has 0 aromatic heterocycles. The van der Waals surface area contributed by atoms with Gasteiger partial charge in [0.1, 0.15) is 0 Å². The van der Waals surface area contributed by atoms with Crippen molar-refractivity contribution in [3.05, 3.63) is 102 Å². The lowest BCUT2D eigenvalue weighted by molar-refractivity contribution is 0.184. The highest BCUT2D eigenvalue weighted by atomic mass is 32.2. The molecule has 0 aliphatic heterocycles. The summed E-state index contributed by atoms with van der Waals surface area (Å²) in [6.07, 6.45) is 0. The number of likely N-dealkylation sites (N-methyl/N-ethyl adjacent to an activating group) is 2. The molecule has 0 saturated carbocycles. The average molecular weight is 437 g/mol. The fourth-order valence-corrected chi connectivity index (χ4v) is 5.34. The van der Waals surface area contributed by atoms with Crippen LogP contribution in [0.3, 0.4) is 0 Å². The number of hydrogen-bond acceptors (Lipinski definition) is 4. The predicted molar refractivity (Wildman–Crippen MR) is 128 cm³/mol. The van der Waals surface area contributed by atoms with Crippen molar-refractivity contribution in [3.63, 3.8) is 0 Å². The Morgan fingerprint density at radius 1 is 0.742 bits per heavy atom. The summed E-state index contributed by atoms with van der Waals surface area (Å²) < 4.78 is 26.4. The molecule has 1 atom stereocenters. The van der Waals surface area contributed by atoms with E-state index in [1.54, 1.807) is 12.1 Å². The van der Waals surface area contributed by atoms with E-state index in [9.17, 15) is 8.42 Å². The molecule has 0 fully saturated rings. The highest BCUT2D eigenvalue weighted by Crippen LogP contribution is 2.17. The van der Waals surface area contributed by atoms with E-state index in [2.05, 4.69) is 41.1 Å². The zero-order valence-electron chi connectivity index (χ0n) is 18.6. The molecule has 0 saturated heterocycles. The molecule has 3 aromatic rings. The molecule has 0 N–H and O–H groups in total. The molecule has 0 amide bonds. The molecule has 3 rings (SSSR count). The summed E-state index contributed by atoms with van der Waals surface area (Å²) in [5.74, 6) is 0.0819. The van der Waals surface area contributed by atoms with E-state index < -0.39 is 9.84 Å². The minimum absolute atomic E-state index is 0.0819. The number of benzene rings is 3. The lowest BCUT2D eigenvalue weighted by atomic mass is 10.1. The first-order valence-electron chi connectivity index (χ1n) is 10.6. The average Bonchev–Trinajstić information content (AvgIpc) is 2.75. The van der Waals surface area contributed by atoms with Crippen molar-refractivity contribution < 1.29 is 8.42 Å². The standard InChI is InChI=1S/C26H32N2O2S/c1-22-14-16-26(17-15-22)31(29,30)21-25(28(3)19-24-12-8-5-9-13-24)20-27(2)18-23-10-6-4-7-11-23/h4-17,25H,18-21H2,1-3H3. The van der Waals surface area contributed by atoms with Crippen molar-refractivity contribution >= 4 is 9.84 Å². The molecule has 0 heterocycles. The third kappa shape index (κ3) is 7.03. The van der Waals surface area contributed by atoms with Crippen LogP contribution in [0.25, 0.3) is 0 Å². The minimum atomic E-state index is -3.40. The Bertz CT molecular complexity index is 1040. The number of rotatable bonds is 10. The molecule has 0 aliphatic rings. The van der Waals surface area contributed by atoms with Gasteiger partial charge in [0.2, 0.25) is 0 Å². The normalized spacial score (nSPS) is 12.9. The van der Waals surface area contributed by atoms with Crippen LogP contribution in [0, 0.1) is 6.92 Å². The maximum atomic E-state index is 13.2. The maximum Gasteiger partial charge on any atom is 0.179 e. The largest absolute Gasteiger partial charge is 0.301 e. The van der Waals surface area contributed by atoms with Crippen LogP contribution in [0.15, 0.2) is 89.8 Å². The van der Waals surface area contributed by atoms with Gasteiger partial charge in [0.25, 0.3) is 0 Å². The monoisotopic (exact) mass is 436 g/mol. The van der Waals surface area contributed by atoms with E-state index in [1.165, 1.54) is 11.1 Å². The van der Waals surface area contributed by atoms with Crippen LogP contribution in [0.4, 0.5) is 0 Å². The van der Waals surface area contributed by atoms with Crippen LogP contribution in [0.2, 0.25) is 0 Å². The zero-order chi connectivity index (χ0) is 22.3. The first-order chi connectivity index (χ1) is 14.8. The quantitative estimate of drug-likeness (QED) is 0.472. The molecule has 1 unspecified atom stereocenters. The van der Waals surface area contributed by atoms with Gasteiger partial charge in [-0.1, -0.05) is 78.4 Å². The van der Waals surface area contributed by atoms with Gasteiger partial charge < -0.3 is 4.90 Å². The first kappa shape index (κ1) is 23.2. The van der Waals surface area contributed by atoms with Crippen molar-refractivity contribution in [1.29, 1.82) is 0 Å². The Balaban J connectivity index is 1.78. The van der Waals surface area contributed by atoms with E-state index >= 15 is 0 Å². The number of sulfone groups is 1. The Morgan fingerprint density at radius 2 is 1.26 bits per heavy atom. The zero-order valence-corrected chi connectivity index (χ0v) is 19.4. The van der Waals surface area contributed by atoms with Crippen molar-refractivity contribution in [3.8, 4) is 0 Å². The number of aryl methyl sites for hydroxylation is 1. The summed E-state index contributed by atoms with van der Waals surface area (Å²) in [6.45, 7) is 4.10. The van der Waals surface area contributed by atoms with Gasteiger partial charge in [-0.15, -0.1) is 0 Å². The van der Waals surface area contributed by atoms with Crippen LogP contribution in [-0.2, 0) is 22.9 Å². The topological polar surface area (TPSA) is 40.6 Å². The van der Waals surface area contributed by atoms with E-state index in [0.29, 0.717) is 18.0 Å². The summed E-state index contributed by atoms with van der Waals surface area (Å²) in [6, 6.07) is 27.5. The SMILES string of the molecule is Cc1ccc(S(=O)(=O)CC(CN(C)Cc2ccccc2)N(C)Cc2ccccc2)cc1. The fraction of sp³-hybridized carbons (Fsp3) is 0.308. The smallest absolute Gasteiger partial charge is 0.179 e. The molecule has 164 valence electrons. The molecular formula is C26H32N2O2S. The number of hydrogen-bond donors (Lipinski definition) is 0. The van der Waals surface area contributed by atoms with Crippen LogP contribution < -0.4 is 0 Å². The van der Waals surface area contributed by atoms with Crippen LogP contribution in [0.5, 0.6) is 0 Å². The summed E-state index contributed by atoms with van der Waals surface area (Å²) in [7, 11) is 0.663. The van der Waals surface area contributed by atoms with Crippen molar-refractivity contribution in [2.75, 3.05) is 26.4 Å². The van der Waals surface area contributed by atoms with Gasteiger partial charge in [-0.05, 0) is 44.3 Å². The summed E-state index contributed by atoms with van der Waals surface area (Å²) >= 11 is 0. The van der Waals surface area contributed by atoms with Gasteiger partial charge in [0, 0.05) is 25.7 Å². The number of nitrogens with zero attached hydrogens (tertiary/aromatic N) is 2. The third-order valence-corrected chi connectivity index (χ3v) is 7.32. The molecule has 0 bridgehead atoms. The fourth-order valence-electron chi connectivity index (χ4n) is 3.73. The maximum absolute atomic E-state index is 13.2. The molecule has 4 nitrogen and oxygen atoms in total. The highest BCUT2D eigenvalue weighted by molar-refractivity contribution is 7.91. The second kappa shape index (κ2) is 10.7. The molecule has 31 heavy (non-hydrogen) atoms. The molecule has 0 aliphatic carbocycles. The first-order valence-corrected chi connectivity index (χ1v) is 12.2. The van der Waals surface area contributed by atoms with Gasteiger partial charge in [-0.2, -0.15) is 0 Å². The van der Waals surface area contributed by atoms with Crippen LogP contribution in [0.1, 0.15) is 16.7 Å². The van der Waals surface area contributed by atoms with Crippen LogP contribution in [-0.4, -0.2) is 50.7 Å². The molecule has 3 aromatic carbocycles. The van der Waals surface area contributed by atoms with Crippen LogP contribution >= 0.6 is 0 Å². The molecule has 0 spiro atoms. The second-order valence-electron chi connectivity index (χ2n) is 8.33. The summed E-state index contributed by atoms with van der Waals surface area (Å²) in [5, 5.41) is 0. The molecular weight excluding hydrogens is 404 g/mol. The third-order valence-electron chi connectivity index (χ3n) is 5.51. The van der Waals surface area contributed by atoms with Gasteiger partial charge >= 0.3 is 0 Å². The minimum Gasteiger partial charge on any atom is -0.301 e. The van der Waals surface area contributed by atoms with Crippen molar-refractivity contribution in [2.45, 2.75) is 31.0 Å². The summed E-state index contributed by atoms with van der Waals surface area (Å²) in [4.78, 5) is 4.75.